The molecule has 2 heterocycles. The molecular weight excluding hydrogens is 528 g/mol. The van der Waals surface area contributed by atoms with Gasteiger partial charge in [0.15, 0.2) is 0 Å². The zero-order chi connectivity index (χ0) is 28.8. The van der Waals surface area contributed by atoms with Crippen molar-refractivity contribution in [2.45, 2.75) is 63.5 Å². The number of hydrogen-bond donors (Lipinski definition) is 4. The summed E-state index contributed by atoms with van der Waals surface area (Å²) in [7, 11) is 1.33. The predicted molar refractivity (Wildman–Crippen MR) is 160 cm³/mol. The molecule has 0 spiro atoms. The molecule has 8 heteroatoms. The van der Waals surface area contributed by atoms with Crippen LogP contribution in [0.1, 0.15) is 49.7 Å². The third kappa shape index (κ3) is 4.86. The van der Waals surface area contributed by atoms with E-state index in [1.165, 1.54) is 26.4 Å². The summed E-state index contributed by atoms with van der Waals surface area (Å²) in [5.74, 6) is 0.932. The number of amides is 2. The highest BCUT2D eigenvalue weighted by atomic mass is 16.5. The van der Waals surface area contributed by atoms with Gasteiger partial charge in [0.1, 0.15) is 12.1 Å². The molecule has 0 saturated heterocycles. The number of rotatable bonds is 9. The molecular formula is C34H38N4O4. The second-order valence-corrected chi connectivity index (χ2v) is 12.9. The second kappa shape index (κ2) is 10.6. The average molecular weight is 567 g/mol. The lowest BCUT2D eigenvalue weighted by atomic mass is 9.49. The lowest BCUT2D eigenvalue weighted by Gasteiger charge is -2.55. The van der Waals surface area contributed by atoms with Crippen molar-refractivity contribution >= 4 is 39.6 Å². The van der Waals surface area contributed by atoms with Crippen LogP contribution in [0.3, 0.4) is 0 Å². The summed E-state index contributed by atoms with van der Waals surface area (Å²) in [5, 5.41) is 8.17. The van der Waals surface area contributed by atoms with Crippen LogP contribution in [0.15, 0.2) is 60.9 Å². The van der Waals surface area contributed by atoms with Crippen molar-refractivity contribution in [2.75, 3.05) is 7.11 Å². The van der Waals surface area contributed by atoms with Crippen LogP contribution in [-0.2, 0) is 32.0 Å². The van der Waals surface area contributed by atoms with E-state index >= 15 is 0 Å². The van der Waals surface area contributed by atoms with Crippen molar-refractivity contribution < 1.29 is 19.1 Å². The monoisotopic (exact) mass is 566 g/mol. The molecule has 4 fully saturated rings. The third-order valence-electron chi connectivity index (χ3n) is 10.1. The van der Waals surface area contributed by atoms with Crippen LogP contribution >= 0.6 is 0 Å². The van der Waals surface area contributed by atoms with Gasteiger partial charge >= 0.3 is 5.97 Å². The van der Waals surface area contributed by atoms with E-state index in [2.05, 4.69) is 20.6 Å². The number of hydrogen-bond acceptors (Lipinski definition) is 4. The molecule has 4 aromatic rings. The van der Waals surface area contributed by atoms with Crippen LogP contribution in [-0.4, -0.2) is 46.9 Å². The zero-order valence-corrected chi connectivity index (χ0v) is 24.0. The summed E-state index contributed by atoms with van der Waals surface area (Å²) in [6, 6.07) is 14.1. The molecule has 4 aliphatic rings. The topological polar surface area (TPSA) is 116 Å². The summed E-state index contributed by atoms with van der Waals surface area (Å²) in [6.07, 6.45) is 10.8. The highest BCUT2D eigenvalue weighted by Crippen LogP contribution is 2.60. The summed E-state index contributed by atoms with van der Waals surface area (Å²) in [6.45, 7) is 0. The first-order valence-corrected chi connectivity index (χ1v) is 15.2. The molecule has 2 amide bonds. The Hall–Kier alpha value is -4.07. The highest BCUT2D eigenvalue weighted by Gasteiger charge is 2.55. The molecule has 0 aliphatic heterocycles. The van der Waals surface area contributed by atoms with Gasteiger partial charge in [0.25, 0.3) is 0 Å². The fourth-order valence-electron chi connectivity index (χ4n) is 8.56. The quantitative estimate of drug-likeness (QED) is 0.218. The van der Waals surface area contributed by atoms with Crippen molar-refractivity contribution in [3.63, 3.8) is 0 Å². The van der Waals surface area contributed by atoms with Gasteiger partial charge in [-0.05, 0) is 79.5 Å². The number of aromatic nitrogens is 2. The standard InChI is InChI=1S/C34H38N4O4/c1-42-32(40)30(14-24-19-36-28-9-5-3-7-26(24)28)37-31(39)29(13-23-18-35-27-8-4-2-6-25(23)27)38-33(41)34-15-20-10-21(16-34)12-22(11-20)17-34/h2-9,18-22,29-30,35-36H,10-17H2,1H3,(H,37,39)(H,38,41)/t20?,21?,22?,29-,30+,34?/m0/s1. The minimum absolute atomic E-state index is 0.00663. The van der Waals surface area contributed by atoms with Crippen LogP contribution in [0.5, 0.6) is 0 Å². The van der Waals surface area contributed by atoms with Gasteiger partial charge < -0.3 is 25.3 Å². The molecule has 8 rings (SSSR count). The maximum Gasteiger partial charge on any atom is 0.328 e. The van der Waals surface area contributed by atoms with Crippen LogP contribution in [0.4, 0.5) is 0 Å². The Morgan fingerprint density at radius 2 is 1.29 bits per heavy atom. The van der Waals surface area contributed by atoms with Gasteiger partial charge in [-0.1, -0.05) is 36.4 Å². The predicted octanol–water partition coefficient (Wildman–Crippen LogP) is 4.79. The van der Waals surface area contributed by atoms with E-state index in [-0.39, 0.29) is 23.7 Å². The van der Waals surface area contributed by atoms with Gasteiger partial charge in [-0.3, -0.25) is 9.59 Å². The number of fused-ring (bicyclic) bond motifs is 2. The third-order valence-corrected chi connectivity index (χ3v) is 10.1. The smallest absolute Gasteiger partial charge is 0.328 e. The Morgan fingerprint density at radius 3 is 1.81 bits per heavy atom. The van der Waals surface area contributed by atoms with E-state index in [0.717, 1.165) is 52.2 Å². The van der Waals surface area contributed by atoms with Crippen molar-refractivity contribution in [1.82, 2.24) is 20.6 Å². The van der Waals surface area contributed by atoms with Gasteiger partial charge in [-0.15, -0.1) is 0 Å². The Balaban J connectivity index is 1.16. The minimum Gasteiger partial charge on any atom is -0.467 e. The average Bonchev–Trinajstić information content (AvgIpc) is 3.59. The lowest BCUT2D eigenvalue weighted by molar-refractivity contribution is -0.149. The van der Waals surface area contributed by atoms with Crippen molar-refractivity contribution in [1.29, 1.82) is 0 Å². The zero-order valence-electron chi connectivity index (χ0n) is 24.0. The van der Waals surface area contributed by atoms with Gasteiger partial charge in [0, 0.05) is 52.5 Å². The number of carbonyl (C=O) groups excluding carboxylic acids is 3. The summed E-state index contributed by atoms with van der Waals surface area (Å²) >= 11 is 0. The first-order valence-electron chi connectivity index (χ1n) is 15.2. The van der Waals surface area contributed by atoms with Crippen molar-refractivity contribution in [2.24, 2.45) is 23.2 Å². The van der Waals surface area contributed by atoms with Crippen LogP contribution < -0.4 is 10.6 Å². The van der Waals surface area contributed by atoms with Gasteiger partial charge in [0.05, 0.1) is 7.11 Å². The number of carbonyl (C=O) groups is 3. The summed E-state index contributed by atoms with van der Waals surface area (Å²) < 4.78 is 5.11. The molecule has 2 aromatic heterocycles. The van der Waals surface area contributed by atoms with Gasteiger partial charge in [-0.25, -0.2) is 4.79 Å². The summed E-state index contributed by atoms with van der Waals surface area (Å²) in [5.41, 5.74) is 3.41. The fraction of sp³-hybridized carbons (Fsp3) is 0.441. The van der Waals surface area contributed by atoms with Crippen molar-refractivity contribution in [3.8, 4) is 0 Å². The Bertz CT molecular complexity index is 1620. The summed E-state index contributed by atoms with van der Waals surface area (Å²) in [4.78, 5) is 47.6. The van der Waals surface area contributed by atoms with E-state index in [4.69, 9.17) is 4.74 Å². The van der Waals surface area contributed by atoms with E-state index in [1.54, 1.807) is 0 Å². The Kier molecular flexibility index (Phi) is 6.79. The maximum absolute atomic E-state index is 14.1. The van der Waals surface area contributed by atoms with E-state index in [9.17, 15) is 14.4 Å². The molecule has 4 aliphatic carbocycles. The number of aromatic amines is 2. The van der Waals surface area contributed by atoms with Crippen molar-refractivity contribution in [3.05, 3.63) is 72.1 Å². The maximum atomic E-state index is 14.1. The molecule has 0 unspecified atom stereocenters. The van der Waals surface area contributed by atoms with Gasteiger partial charge in [0.2, 0.25) is 11.8 Å². The fourth-order valence-corrected chi connectivity index (χ4v) is 8.56. The Labute approximate surface area is 245 Å². The number of ether oxygens (including phenoxy) is 1. The molecule has 42 heavy (non-hydrogen) atoms. The number of methoxy groups -OCH3 is 1. The van der Waals surface area contributed by atoms with Gasteiger partial charge in [-0.2, -0.15) is 0 Å². The normalized spacial score (nSPS) is 25.8. The molecule has 2 aromatic carbocycles. The Morgan fingerprint density at radius 1 is 0.786 bits per heavy atom. The van der Waals surface area contributed by atoms with Crippen LogP contribution in [0.25, 0.3) is 21.8 Å². The molecule has 0 radical (unpaired) electrons. The van der Waals surface area contributed by atoms with E-state index in [0.29, 0.717) is 24.2 Å². The van der Waals surface area contributed by atoms with Crippen LogP contribution in [0, 0.1) is 23.2 Å². The molecule has 4 bridgehead atoms. The largest absolute Gasteiger partial charge is 0.467 e. The minimum atomic E-state index is -0.899. The first kappa shape index (κ1) is 26.8. The number of esters is 1. The number of benzene rings is 2. The number of nitrogens with one attached hydrogen (secondary N) is 4. The molecule has 4 N–H and O–H groups in total. The molecule has 8 nitrogen and oxygen atoms in total. The number of para-hydroxylation sites is 2. The highest BCUT2D eigenvalue weighted by molar-refractivity contribution is 5.94. The first-order chi connectivity index (χ1) is 20.4. The van der Waals surface area contributed by atoms with E-state index < -0.39 is 18.1 Å². The lowest BCUT2D eigenvalue weighted by Crippen LogP contribution is -2.59. The SMILES string of the molecule is COC(=O)[C@@H](Cc1c[nH]c2ccccc12)NC(=O)[C@H](Cc1c[nH]c2ccccc12)NC(=O)C12CC3CC(CC(C3)C1)C2. The van der Waals surface area contributed by atoms with Crippen LogP contribution in [0.2, 0.25) is 0 Å². The second-order valence-electron chi connectivity index (χ2n) is 12.9. The molecule has 2 atom stereocenters. The molecule has 4 saturated carbocycles. The molecule has 218 valence electrons. The number of H-pyrrole nitrogens is 2. The van der Waals surface area contributed by atoms with E-state index in [1.807, 2.05) is 60.9 Å².